The molecule has 0 unspecified atom stereocenters. The lowest BCUT2D eigenvalue weighted by Crippen LogP contribution is -2.27. The Morgan fingerprint density at radius 3 is 2.83 bits per heavy atom. The number of hydrogen-bond donors (Lipinski definition) is 1. The number of aryl methyl sites for hydroxylation is 2. The van der Waals surface area contributed by atoms with Crippen LogP contribution in [-0.4, -0.2) is 20.7 Å². The maximum Gasteiger partial charge on any atom is 0.242 e. The molecule has 0 aliphatic carbocycles. The monoisotopic (exact) mass is 326 g/mol. The summed E-state index contributed by atoms with van der Waals surface area (Å²) < 4.78 is 1.60. The molecule has 23 heavy (non-hydrogen) atoms. The van der Waals surface area contributed by atoms with Crippen LogP contribution in [0.5, 0.6) is 0 Å². The fourth-order valence-corrected chi connectivity index (χ4v) is 3.39. The molecule has 0 saturated carbocycles. The van der Waals surface area contributed by atoms with Crippen LogP contribution in [0, 0.1) is 13.8 Å². The van der Waals surface area contributed by atoms with E-state index >= 15 is 0 Å². The number of amides is 1. The SMILES string of the molecule is Cc1ccccc1-c1nc(C)c(CNC(=O)Cn2cccn2)s1. The van der Waals surface area contributed by atoms with E-state index in [1.807, 2.05) is 19.1 Å². The molecule has 118 valence electrons. The van der Waals surface area contributed by atoms with Crippen LogP contribution in [0.15, 0.2) is 42.7 Å². The minimum absolute atomic E-state index is 0.0565. The predicted molar refractivity (Wildman–Crippen MR) is 91.1 cm³/mol. The second-order valence-electron chi connectivity index (χ2n) is 5.32. The van der Waals surface area contributed by atoms with Crippen LogP contribution in [0.4, 0.5) is 0 Å². The van der Waals surface area contributed by atoms with Crippen molar-refractivity contribution >= 4 is 17.2 Å². The van der Waals surface area contributed by atoms with E-state index in [0.29, 0.717) is 6.54 Å². The van der Waals surface area contributed by atoms with E-state index in [1.165, 1.54) is 5.56 Å². The summed E-state index contributed by atoms with van der Waals surface area (Å²) in [6.45, 7) is 4.79. The van der Waals surface area contributed by atoms with Gasteiger partial charge in [0.25, 0.3) is 0 Å². The predicted octanol–water partition coefficient (Wildman–Crippen LogP) is 2.94. The highest BCUT2D eigenvalue weighted by Gasteiger charge is 2.12. The number of hydrogen-bond acceptors (Lipinski definition) is 4. The molecule has 2 aromatic heterocycles. The van der Waals surface area contributed by atoms with Crippen molar-refractivity contribution in [1.29, 1.82) is 0 Å². The van der Waals surface area contributed by atoms with E-state index < -0.39 is 0 Å². The molecular formula is C17H18N4OS. The Morgan fingerprint density at radius 2 is 2.09 bits per heavy atom. The van der Waals surface area contributed by atoms with Gasteiger partial charge in [-0.2, -0.15) is 5.10 Å². The lowest BCUT2D eigenvalue weighted by molar-refractivity contribution is -0.122. The zero-order valence-corrected chi connectivity index (χ0v) is 13.9. The molecule has 0 aliphatic heterocycles. The first-order valence-electron chi connectivity index (χ1n) is 7.40. The van der Waals surface area contributed by atoms with E-state index in [2.05, 4.69) is 34.5 Å². The Bertz CT molecular complexity index is 808. The van der Waals surface area contributed by atoms with E-state index in [1.54, 1.807) is 34.5 Å². The van der Waals surface area contributed by atoms with Crippen LogP contribution in [0.3, 0.4) is 0 Å². The van der Waals surface area contributed by atoms with Gasteiger partial charge in [-0.05, 0) is 25.5 Å². The minimum atomic E-state index is -0.0565. The number of benzene rings is 1. The smallest absolute Gasteiger partial charge is 0.242 e. The summed E-state index contributed by atoms with van der Waals surface area (Å²) >= 11 is 1.63. The van der Waals surface area contributed by atoms with Crippen molar-refractivity contribution in [1.82, 2.24) is 20.1 Å². The molecule has 0 saturated heterocycles. The van der Waals surface area contributed by atoms with E-state index in [9.17, 15) is 4.79 Å². The summed E-state index contributed by atoms with van der Waals surface area (Å²) in [4.78, 5) is 17.7. The first-order valence-corrected chi connectivity index (χ1v) is 8.21. The van der Waals surface area contributed by atoms with Gasteiger partial charge in [-0.25, -0.2) is 4.98 Å². The first kappa shape index (κ1) is 15.4. The van der Waals surface area contributed by atoms with E-state index in [4.69, 9.17) is 0 Å². The Hall–Kier alpha value is -2.47. The largest absolute Gasteiger partial charge is 0.350 e. The van der Waals surface area contributed by atoms with Crippen LogP contribution in [-0.2, 0) is 17.9 Å². The molecule has 0 radical (unpaired) electrons. The summed E-state index contributed by atoms with van der Waals surface area (Å²) in [6, 6.07) is 10.0. The van der Waals surface area contributed by atoms with Gasteiger partial charge in [-0.15, -0.1) is 11.3 Å². The number of aromatic nitrogens is 3. The number of nitrogens with zero attached hydrogens (tertiary/aromatic N) is 3. The van der Waals surface area contributed by atoms with Crippen LogP contribution in [0.2, 0.25) is 0 Å². The summed E-state index contributed by atoms with van der Waals surface area (Å²) in [7, 11) is 0. The van der Waals surface area contributed by atoms with Crippen molar-refractivity contribution in [2.75, 3.05) is 0 Å². The van der Waals surface area contributed by atoms with Gasteiger partial charge in [-0.3, -0.25) is 9.48 Å². The van der Waals surface area contributed by atoms with Crippen molar-refractivity contribution in [3.63, 3.8) is 0 Å². The lowest BCUT2D eigenvalue weighted by atomic mass is 10.1. The molecule has 6 heteroatoms. The second-order valence-corrected chi connectivity index (χ2v) is 6.41. The maximum atomic E-state index is 11.9. The van der Waals surface area contributed by atoms with Crippen LogP contribution in [0.25, 0.3) is 10.6 Å². The molecule has 0 aliphatic rings. The molecule has 3 aromatic rings. The van der Waals surface area contributed by atoms with Crippen molar-refractivity contribution in [2.24, 2.45) is 0 Å². The highest BCUT2D eigenvalue weighted by Crippen LogP contribution is 2.29. The lowest BCUT2D eigenvalue weighted by Gasteiger charge is -2.04. The molecule has 0 bridgehead atoms. The fourth-order valence-electron chi connectivity index (χ4n) is 2.30. The van der Waals surface area contributed by atoms with Gasteiger partial charge in [0.2, 0.25) is 5.91 Å². The van der Waals surface area contributed by atoms with Crippen molar-refractivity contribution in [3.8, 4) is 10.6 Å². The van der Waals surface area contributed by atoms with Crippen molar-refractivity contribution in [3.05, 3.63) is 58.9 Å². The third-order valence-electron chi connectivity index (χ3n) is 3.58. The van der Waals surface area contributed by atoms with Crippen molar-refractivity contribution < 1.29 is 4.79 Å². The molecule has 2 heterocycles. The molecule has 1 aromatic carbocycles. The maximum absolute atomic E-state index is 11.9. The molecule has 0 atom stereocenters. The van der Waals surface area contributed by atoms with Gasteiger partial charge in [0.05, 0.1) is 12.2 Å². The zero-order valence-electron chi connectivity index (χ0n) is 13.1. The van der Waals surface area contributed by atoms with Gasteiger partial charge < -0.3 is 5.32 Å². The van der Waals surface area contributed by atoms with Gasteiger partial charge >= 0.3 is 0 Å². The second kappa shape index (κ2) is 6.75. The first-order chi connectivity index (χ1) is 11.1. The molecule has 1 amide bonds. The summed E-state index contributed by atoms with van der Waals surface area (Å²) in [5.41, 5.74) is 3.32. The quantitative estimate of drug-likeness (QED) is 0.784. The van der Waals surface area contributed by atoms with E-state index in [0.717, 1.165) is 21.1 Å². The zero-order chi connectivity index (χ0) is 16.2. The number of nitrogens with one attached hydrogen (secondary N) is 1. The normalized spacial score (nSPS) is 10.7. The molecule has 0 spiro atoms. The van der Waals surface area contributed by atoms with Crippen molar-refractivity contribution in [2.45, 2.75) is 26.9 Å². The molecule has 0 fully saturated rings. The molecule has 1 N–H and O–H groups in total. The third-order valence-corrected chi connectivity index (χ3v) is 4.77. The van der Waals surface area contributed by atoms with Gasteiger partial charge in [-0.1, -0.05) is 24.3 Å². The number of carbonyl (C=O) groups excluding carboxylic acids is 1. The molecular weight excluding hydrogens is 308 g/mol. The average molecular weight is 326 g/mol. The fraction of sp³-hybridized carbons (Fsp3) is 0.235. The Kier molecular flexibility index (Phi) is 4.52. The number of rotatable bonds is 5. The van der Waals surface area contributed by atoms with E-state index in [-0.39, 0.29) is 12.5 Å². The number of thiazole rings is 1. The molecule has 5 nitrogen and oxygen atoms in total. The Labute approximate surface area is 139 Å². The van der Waals surface area contributed by atoms with Crippen LogP contribution in [0.1, 0.15) is 16.1 Å². The average Bonchev–Trinajstić information content (AvgIpc) is 3.15. The van der Waals surface area contributed by atoms with Crippen LogP contribution < -0.4 is 5.32 Å². The van der Waals surface area contributed by atoms with Gasteiger partial charge in [0, 0.05) is 22.8 Å². The highest BCUT2D eigenvalue weighted by atomic mass is 32.1. The minimum Gasteiger partial charge on any atom is -0.350 e. The summed E-state index contributed by atoms with van der Waals surface area (Å²) in [6.07, 6.45) is 3.43. The Balaban J connectivity index is 1.67. The topological polar surface area (TPSA) is 59.8 Å². The summed E-state index contributed by atoms with van der Waals surface area (Å²) in [5, 5.41) is 7.95. The standard InChI is InChI=1S/C17H18N4OS/c1-12-6-3-4-7-14(12)17-20-13(2)15(23-17)10-18-16(22)11-21-9-5-8-19-21/h3-9H,10-11H2,1-2H3,(H,18,22). The summed E-state index contributed by atoms with van der Waals surface area (Å²) in [5.74, 6) is -0.0565. The number of carbonyl (C=O) groups is 1. The third kappa shape index (κ3) is 3.65. The van der Waals surface area contributed by atoms with Gasteiger partial charge in [0.1, 0.15) is 11.6 Å². The van der Waals surface area contributed by atoms with Crippen LogP contribution >= 0.6 is 11.3 Å². The molecule has 3 rings (SSSR count). The highest BCUT2D eigenvalue weighted by molar-refractivity contribution is 7.15. The van der Waals surface area contributed by atoms with Gasteiger partial charge in [0.15, 0.2) is 0 Å². The Morgan fingerprint density at radius 1 is 1.26 bits per heavy atom.